The van der Waals surface area contributed by atoms with Crippen molar-refractivity contribution in [2.24, 2.45) is 5.73 Å². The van der Waals surface area contributed by atoms with E-state index in [1.807, 2.05) is 0 Å². The molecule has 2 aliphatic heterocycles. The number of nitrogens with two attached hydrogens (primary N) is 1. The van der Waals surface area contributed by atoms with E-state index in [0.717, 1.165) is 6.54 Å². The van der Waals surface area contributed by atoms with E-state index in [1.54, 1.807) is 0 Å². The standard InChI is InChI=1S/C14H29N3S/c1-11-8-17(9-12(2)16(11)4)14(10-15)6-5-7-18-13(14)3/h11-13H,5-10,15H2,1-4H3. The summed E-state index contributed by atoms with van der Waals surface area (Å²) in [5.74, 6) is 1.31. The lowest BCUT2D eigenvalue weighted by atomic mass is 9.85. The summed E-state index contributed by atoms with van der Waals surface area (Å²) in [5.41, 5.74) is 6.46. The number of likely N-dealkylation sites (N-methyl/N-ethyl adjacent to an activating group) is 1. The highest BCUT2D eigenvalue weighted by Crippen LogP contribution is 2.39. The van der Waals surface area contributed by atoms with Gasteiger partial charge in [-0.1, -0.05) is 6.92 Å². The summed E-state index contributed by atoms with van der Waals surface area (Å²) in [6, 6.07) is 1.27. The Labute approximate surface area is 116 Å². The second-order valence-electron chi connectivity index (χ2n) is 6.19. The van der Waals surface area contributed by atoms with E-state index in [-0.39, 0.29) is 5.54 Å². The third kappa shape index (κ3) is 2.45. The molecule has 4 heteroatoms. The van der Waals surface area contributed by atoms with Crippen LogP contribution in [-0.4, -0.2) is 65.1 Å². The largest absolute Gasteiger partial charge is 0.329 e. The first-order valence-electron chi connectivity index (χ1n) is 7.30. The Bertz CT molecular complexity index is 274. The highest BCUT2D eigenvalue weighted by molar-refractivity contribution is 8.00. The van der Waals surface area contributed by atoms with Crippen LogP contribution in [0.25, 0.3) is 0 Å². The molecule has 2 rings (SSSR count). The maximum Gasteiger partial charge on any atom is 0.0448 e. The van der Waals surface area contributed by atoms with Gasteiger partial charge in [0.2, 0.25) is 0 Å². The third-order valence-corrected chi connectivity index (χ3v) is 6.68. The first kappa shape index (κ1) is 14.6. The molecule has 0 bridgehead atoms. The summed E-state index contributed by atoms with van der Waals surface area (Å²) < 4.78 is 0. The average Bonchev–Trinajstić information content (AvgIpc) is 2.36. The fourth-order valence-electron chi connectivity index (χ4n) is 3.58. The van der Waals surface area contributed by atoms with Crippen molar-refractivity contribution in [3.63, 3.8) is 0 Å². The maximum atomic E-state index is 6.22. The lowest BCUT2D eigenvalue weighted by Crippen LogP contribution is -2.68. The van der Waals surface area contributed by atoms with Gasteiger partial charge in [0, 0.05) is 42.5 Å². The maximum absolute atomic E-state index is 6.22. The molecule has 0 aromatic carbocycles. The van der Waals surface area contributed by atoms with Crippen molar-refractivity contribution in [1.82, 2.24) is 9.80 Å². The molecule has 0 aromatic heterocycles. The summed E-state index contributed by atoms with van der Waals surface area (Å²) in [6.45, 7) is 10.2. The van der Waals surface area contributed by atoms with Gasteiger partial charge in [0.05, 0.1) is 0 Å². The van der Waals surface area contributed by atoms with E-state index >= 15 is 0 Å². The molecule has 106 valence electrons. The Morgan fingerprint density at radius 2 is 1.83 bits per heavy atom. The molecule has 0 amide bonds. The zero-order chi connectivity index (χ0) is 13.3. The van der Waals surface area contributed by atoms with E-state index < -0.39 is 0 Å². The van der Waals surface area contributed by atoms with Crippen LogP contribution in [0.15, 0.2) is 0 Å². The van der Waals surface area contributed by atoms with Gasteiger partial charge in [0.15, 0.2) is 0 Å². The van der Waals surface area contributed by atoms with Gasteiger partial charge in [-0.2, -0.15) is 11.8 Å². The molecule has 2 heterocycles. The van der Waals surface area contributed by atoms with E-state index in [1.165, 1.54) is 31.7 Å². The fraction of sp³-hybridized carbons (Fsp3) is 1.00. The molecular formula is C14H29N3S. The lowest BCUT2D eigenvalue weighted by molar-refractivity contribution is -0.0145. The summed E-state index contributed by atoms with van der Waals surface area (Å²) in [7, 11) is 2.25. The predicted molar refractivity (Wildman–Crippen MR) is 81.2 cm³/mol. The zero-order valence-electron chi connectivity index (χ0n) is 12.4. The van der Waals surface area contributed by atoms with Crippen LogP contribution in [-0.2, 0) is 0 Å². The number of hydrogen-bond acceptors (Lipinski definition) is 4. The Morgan fingerprint density at radius 3 is 2.33 bits per heavy atom. The monoisotopic (exact) mass is 271 g/mol. The molecule has 4 atom stereocenters. The minimum absolute atomic E-state index is 0.243. The van der Waals surface area contributed by atoms with E-state index in [0.29, 0.717) is 17.3 Å². The molecule has 2 saturated heterocycles. The van der Waals surface area contributed by atoms with Gasteiger partial charge in [-0.05, 0) is 39.5 Å². The van der Waals surface area contributed by atoms with Crippen molar-refractivity contribution in [2.45, 2.75) is 56.5 Å². The van der Waals surface area contributed by atoms with Gasteiger partial charge < -0.3 is 5.73 Å². The minimum Gasteiger partial charge on any atom is -0.329 e. The van der Waals surface area contributed by atoms with Crippen LogP contribution in [0, 0.1) is 0 Å². The van der Waals surface area contributed by atoms with Gasteiger partial charge >= 0.3 is 0 Å². The van der Waals surface area contributed by atoms with Crippen molar-refractivity contribution in [1.29, 1.82) is 0 Å². The molecule has 2 N–H and O–H groups in total. The SMILES string of the molecule is CC1CN(C2(CN)CCCSC2C)CC(C)N1C. The van der Waals surface area contributed by atoms with Crippen LogP contribution in [0.3, 0.4) is 0 Å². The van der Waals surface area contributed by atoms with Crippen LogP contribution < -0.4 is 5.73 Å². The minimum atomic E-state index is 0.243. The van der Waals surface area contributed by atoms with Crippen molar-refractivity contribution in [3.05, 3.63) is 0 Å². The van der Waals surface area contributed by atoms with Gasteiger partial charge in [-0.3, -0.25) is 9.80 Å². The molecule has 3 nitrogen and oxygen atoms in total. The van der Waals surface area contributed by atoms with Gasteiger partial charge in [0.25, 0.3) is 0 Å². The Balaban J connectivity index is 2.17. The summed E-state index contributed by atoms with van der Waals surface area (Å²) in [6.07, 6.45) is 2.60. The Morgan fingerprint density at radius 1 is 1.22 bits per heavy atom. The van der Waals surface area contributed by atoms with Crippen LogP contribution in [0.1, 0.15) is 33.6 Å². The van der Waals surface area contributed by atoms with Crippen LogP contribution in [0.2, 0.25) is 0 Å². The van der Waals surface area contributed by atoms with Crippen LogP contribution in [0.4, 0.5) is 0 Å². The first-order chi connectivity index (χ1) is 8.51. The van der Waals surface area contributed by atoms with E-state index in [2.05, 4.69) is 49.4 Å². The number of rotatable bonds is 2. The van der Waals surface area contributed by atoms with Gasteiger partial charge in [-0.25, -0.2) is 0 Å². The molecule has 2 aliphatic rings. The van der Waals surface area contributed by atoms with Crippen LogP contribution in [0.5, 0.6) is 0 Å². The highest BCUT2D eigenvalue weighted by atomic mass is 32.2. The van der Waals surface area contributed by atoms with E-state index in [9.17, 15) is 0 Å². The summed E-state index contributed by atoms with van der Waals surface area (Å²) in [4.78, 5) is 5.21. The smallest absolute Gasteiger partial charge is 0.0448 e. The van der Waals surface area contributed by atoms with Gasteiger partial charge in [-0.15, -0.1) is 0 Å². The normalized spacial score (nSPS) is 44.2. The second-order valence-corrected chi connectivity index (χ2v) is 7.64. The number of nitrogens with zero attached hydrogens (tertiary/aromatic N) is 2. The second kappa shape index (κ2) is 5.70. The molecule has 0 aliphatic carbocycles. The predicted octanol–water partition coefficient (Wildman–Crippen LogP) is 1.62. The molecule has 0 radical (unpaired) electrons. The molecule has 0 aromatic rings. The van der Waals surface area contributed by atoms with Crippen molar-refractivity contribution >= 4 is 11.8 Å². The van der Waals surface area contributed by atoms with Crippen LogP contribution >= 0.6 is 11.8 Å². The van der Waals surface area contributed by atoms with Crippen molar-refractivity contribution in [2.75, 3.05) is 32.4 Å². The lowest BCUT2D eigenvalue weighted by Gasteiger charge is -2.55. The molecular weight excluding hydrogens is 242 g/mol. The van der Waals surface area contributed by atoms with Gasteiger partial charge in [0.1, 0.15) is 0 Å². The Kier molecular flexibility index (Phi) is 4.63. The van der Waals surface area contributed by atoms with E-state index in [4.69, 9.17) is 5.73 Å². The number of hydrogen-bond donors (Lipinski definition) is 1. The summed E-state index contributed by atoms with van der Waals surface area (Å²) >= 11 is 2.11. The highest BCUT2D eigenvalue weighted by Gasteiger charge is 2.45. The quantitative estimate of drug-likeness (QED) is 0.827. The molecule has 0 spiro atoms. The van der Waals surface area contributed by atoms with Crippen molar-refractivity contribution in [3.8, 4) is 0 Å². The fourth-order valence-corrected chi connectivity index (χ4v) is 4.92. The topological polar surface area (TPSA) is 32.5 Å². The molecule has 4 unspecified atom stereocenters. The third-order valence-electron chi connectivity index (χ3n) is 5.22. The Hall–Kier alpha value is 0.230. The molecule has 18 heavy (non-hydrogen) atoms. The summed E-state index contributed by atoms with van der Waals surface area (Å²) in [5, 5.41) is 0.666. The molecule has 0 saturated carbocycles. The first-order valence-corrected chi connectivity index (χ1v) is 8.35. The zero-order valence-corrected chi connectivity index (χ0v) is 13.2. The van der Waals surface area contributed by atoms with Crippen molar-refractivity contribution < 1.29 is 0 Å². The molecule has 2 fully saturated rings. The number of piperazine rings is 1. The average molecular weight is 271 g/mol. The number of thioether (sulfide) groups is 1.